The largest absolute Gasteiger partial charge is 0.342 e. The summed E-state index contributed by atoms with van der Waals surface area (Å²) in [6.45, 7) is 3.76. The molecule has 1 aromatic rings. The molecule has 1 aliphatic carbocycles. The Kier molecular flexibility index (Phi) is 3.44. The molecule has 1 saturated carbocycles. The zero-order chi connectivity index (χ0) is 15.2. The third kappa shape index (κ3) is 2.24. The van der Waals surface area contributed by atoms with E-state index in [9.17, 15) is 9.18 Å². The maximum absolute atomic E-state index is 13.9. The zero-order valence-corrected chi connectivity index (χ0v) is 12.9. The summed E-state index contributed by atoms with van der Waals surface area (Å²) in [7, 11) is 0. The fourth-order valence-electron chi connectivity index (χ4n) is 3.98. The highest BCUT2D eigenvalue weighted by Crippen LogP contribution is 2.53. The average molecular weight is 302 g/mol. The van der Waals surface area contributed by atoms with Crippen LogP contribution >= 0.6 is 0 Å². The molecule has 3 aliphatic rings. The van der Waals surface area contributed by atoms with E-state index >= 15 is 0 Å². The van der Waals surface area contributed by atoms with Crippen LogP contribution in [0.1, 0.15) is 49.1 Å². The van der Waals surface area contributed by atoms with Gasteiger partial charge in [-0.2, -0.15) is 0 Å². The van der Waals surface area contributed by atoms with E-state index in [1.807, 2.05) is 11.0 Å². The minimum absolute atomic E-state index is 0.213. The molecular formula is C18H23FN2O. The van der Waals surface area contributed by atoms with Gasteiger partial charge in [0.15, 0.2) is 0 Å². The van der Waals surface area contributed by atoms with Gasteiger partial charge in [-0.1, -0.05) is 6.07 Å². The van der Waals surface area contributed by atoms with Crippen molar-refractivity contribution in [1.29, 1.82) is 0 Å². The van der Waals surface area contributed by atoms with Gasteiger partial charge < -0.3 is 10.2 Å². The predicted molar refractivity (Wildman–Crippen MR) is 83.4 cm³/mol. The molecule has 0 spiro atoms. The molecule has 4 heteroatoms. The minimum atomic E-state index is -0.414. The number of hydrogen-bond donors (Lipinski definition) is 1. The number of hydrogen-bond acceptors (Lipinski definition) is 2. The van der Waals surface area contributed by atoms with Crippen LogP contribution in [0.3, 0.4) is 0 Å². The van der Waals surface area contributed by atoms with Gasteiger partial charge >= 0.3 is 0 Å². The van der Waals surface area contributed by atoms with Gasteiger partial charge in [-0.15, -0.1) is 0 Å². The zero-order valence-electron chi connectivity index (χ0n) is 12.9. The third-order valence-electron chi connectivity index (χ3n) is 5.61. The van der Waals surface area contributed by atoms with E-state index in [1.54, 1.807) is 12.1 Å². The molecule has 4 rings (SSSR count). The number of nitrogens with one attached hydrogen (secondary N) is 1. The van der Waals surface area contributed by atoms with Crippen LogP contribution in [0.15, 0.2) is 18.2 Å². The van der Waals surface area contributed by atoms with Gasteiger partial charge in [-0.3, -0.25) is 4.79 Å². The first-order valence-corrected chi connectivity index (χ1v) is 8.51. The molecule has 2 saturated heterocycles. The molecule has 3 fully saturated rings. The number of rotatable bonds is 3. The predicted octanol–water partition coefficient (Wildman–Crippen LogP) is 2.56. The number of likely N-dealkylation sites (tertiary alicyclic amines) is 1. The number of nitrogens with zero attached hydrogens (tertiary/aromatic N) is 1. The van der Waals surface area contributed by atoms with Crippen LogP contribution in [-0.4, -0.2) is 37.0 Å². The fraction of sp³-hybridized carbons (Fsp3) is 0.611. The van der Waals surface area contributed by atoms with Gasteiger partial charge in [0.05, 0.1) is 5.41 Å². The molecule has 22 heavy (non-hydrogen) atoms. The van der Waals surface area contributed by atoms with Crippen LogP contribution in [0.5, 0.6) is 0 Å². The van der Waals surface area contributed by atoms with Gasteiger partial charge in [-0.25, -0.2) is 4.39 Å². The number of carbonyl (C=O) groups is 1. The summed E-state index contributed by atoms with van der Waals surface area (Å²) in [6.07, 6.45) is 5.01. The Balaban J connectivity index is 1.70. The highest BCUT2D eigenvalue weighted by Gasteiger charge is 2.55. The van der Waals surface area contributed by atoms with Crippen molar-refractivity contribution in [3.05, 3.63) is 35.1 Å². The molecular weight excluding hydrogens is 279 g/mol. The minimum Gasteiger partial charge on any atom is -0.342 e. The number of amides is 1. The average Bonchev–Trinajstić information content (AvgIpc) is 3.28. The monoisotopic (exact) mass is 302 g/mol. The van der Waals surface area contributed by atoms with E-state index in [-0.39, 0.29) is 11.7 Å². The van der Waals surface area contributed by atoms with E-state index in [1.165, 1.54) is 5.56 Å². The highest BCUT2D eigenvalue weighted by atomic mass is 19.1. The van der Waals surface area contributed by atoms with Crippen molar-refractivity contribution in [2.45, 2.75) is 43.4 Å². The Morgan fingerprint density at radius 1 is 1.23 bits per heavy atom. The van der Waals surface area contributed by atoms with Crippen LogP contribution in [0.25, 0.3) is 0 Å². The topological polar surface area (TPSA) is 32.3 Å². The first kappa shape index (κ1) is 14.2. The Morgan fingerprint density at radius 3 is 2.55 bits per heavy atom. The van der Waals surface area contributed by atoms with Crippen molar-refractivity contribution < 1.29 is 9.18 Å². The summed E-state index contributed by atoms with van der Waals surface area (Å²) in [5, 5.41) is 3.38. The Morgan fingerprint density at radius 2 is 1.95 bits per heavy atom. The summed E-state index contributed by atoms with van der Waals surface area (Å²) >= 11 is 0. The fourth-order valence-corrected chi connectivity index (χ4v) is 3.98. The lowest BCUT2D eigenvalue weighted by Crippen LogP contribution is -2.47. The Labute approximate surface area is 130 Å². The van der Waals surface area contributed by atoms with Crippen molar-refractivity contribution in [3.63, 3.8) is 0 Å². The van der Waals surface area contributed by atoms with E-state index in [0.717, 1.165) is 63.8 Å². The SMILES string of the molecule is O=C(N1CCC1)C1(c2cc(F)ccc2C2CCNCC2)CC1. The Hall–Kier alpha value is -1.42. The highest BCUT2D eigenvalue weighted by molar-refractivity contribution is 5.92. The van der Waals surface area contributed by atoms with Gasteiger partial charge in [-0.05, 0) is 74.4 Å². The normalized spacial score (nSPS) is 24.0. The van der Waals surface area contributed by atoms with Crippen LogP contribution in [0.2, 0.25) is 0 Å². The first-order chi connectivity index (χ1) is 10.7. The molecule has 0 aromatic heterocycles. The summed E-state index contributed by atoms with van der Waals surface area (Å²) in [5.41, 5.74) is 1.79. The second-order valence-corrected chi connectivity index (χ2v) is 6.98. The molecule has 1 aromatic carbocycles. The van der Waals surface area contributed by atoms with Crippen LogP contribution < -0.4 is 5.32 Å². The lowest BCUT2D eigenvalue weighted by atomic mass is 9.80. The van der Waals surface area contributed by atoms with Crippen molar-refractivity contribution >= 4 is 5.91 Å². The molecule has 2 aliphatic heterocycles. The molecule has 0 atom stereocenters. The summed E-state index contributed by atoms with van der Waals surface area (Å²) in [6, 6.07) is 5.14. The van der Waals surface area contributed by atoms with E-state index in [4.69, 9.17) is 0 Å². The molecule has 1 amide bonds. The quantitative estimate of drug-likeness (QED) is 0.930. The summed E-state index contributed by atoms with van der Waals surface area (Å²) in [5.74, 6) is 0.480. The van der Waals surface area contributed by atoms with E-state index < -0.39 is 5.41 Å². The van der Waals surface area contributed by atoms with Crippen molar-refractivity contribution in [2.24, 2.45) is 0 Å². The first-order valence-electron chi connectivity index (χ1n) is 8.51. The molecule has 2 heterocycles. The molecule has 0 bridgehead atoms. The van der Waals surface area contributed by atoms with Crippen LogP contribution in [0, 0.1) is 5.82 Å². The van der Waals surface area contributed by atoms with Crippen molar-refractivity contribution in [3.8, 4) is 0 Å². The molecule has 0 radical (unpaired) electrons. The lowest BCUT2D eigenvalue weighted by molar-refractivity contribution is -0.137. The second-order valence-electron chi connectivity index (χ2n) is 6.98. The summed E-state index contributed by atoms with van der Waals surface area (Å²) < 4.78 is 13.9. The lowest BCUT2D eigenvalue weighted by Gasteiger charge is -2.36. The third-order valence-corrected chi connectivity index (χ3v) is 5.61. The van der Waals surface area contributed by atoms with Crippen LogP contribution in [-0.2, 0) is 10.2 Å². The Bertz CT molecular complexity index is 587. The standard InChI is InChI=1S/C18H23FN2O/c19-14-2-3-15(13-4-8-20-9-5-13)16(12-14)18(6-7-18)17(22)21-10-1-11-21/h2-3,12-13,20H,1,4-11H2. The number of halogens is 1. The number of benzene rings is 1. The van der Waals surface area contributed by atoms with Crippen LogP contribution in [0.4, 0.5) is 4.39 Å². The van der Waals surface area contributed by atoms with E-state index in [0.29, 0.717) is 5.92 Å². The van der Waals surface area contributed by atoms with Gasteiger partial charge in [0.2, 0.25) is 5.91 Å². The maximum Gasteiger partial charge on any atom is 0.233 e. The molecule has 3 nitrogen and oxygen atoms in total. The molecule has 0 unspecified atom stereocenters. The van der Waals surface area contributed by atoms with Gasteiger partial charge in [0, 0.05) is 13.1 Å². The van der Waals surface area contributed by atoms with Crippen molar-refractivity contribution in [1.82, 2.24) is 10.2 Å². The second kappa shape index (κ2) is 5.34. The molecule has 118 valence electrons. The summed E-state index contributed by atoms with van der Waals surface area (Å²) in [4.78, 5) is 14.8. The number of piperidine rings is 1. The number of carbonyl (C=O) groups excluding carboxylic acids is 1. The van der Waals surface area contributed by atoms with Gasteiger partial charge in [0.25, 0.3) is 0 Å². The maximum atomic E-state index is 13.9. The van der Waals surface area contributed by atoms with Crippen molar-refractivity contribution in [2.75, 3.05) is 26.2 Å². The smallest absolute Gasteiger partial charge is 0.233 e. The molecule has 1 N–H and O–H groups in total. The van der Waals surface area contributed by atoms with E-state index in [2.05, 4.69) is 5.32 Å². The van der Waals surface area contributed by atoms with Gasteiger partial charge in [0.1, 0.15) is 5.82 Å².